The van der Waals surface area contributed by atoms with Crippen molar-refractivity contribution in [2.75, 3.05) is 24.6 Å². The second-order valence-electron chi connectivity index (χ2n) is 9.55. The van der Waals surface area contributed by atoms with E-state index in [4.69, 9.17) is 43.6 Å². The third kappa shape index (κ3) is 3.42. The van der Waals surface area contributed by atoms with Crippen LogP contribution in [-0.2, 0) is 18.4 Å². The molecule has 0 amide bonds. The summed E-state index contributed by atoms with van der Waals surface area (Å²) in [5.41, 5.74) is 9.94. The number of aliphatic hydroxyl groups is 1. The second kappa shape index (κ2) is 8.28. The van der Waals surface area contributed by atoms with E-state index in [9.17, 15) is 5.11 Å². The first-order chi connectivity index (χ1) is 16.8. The van der Waals surface area contributed by atoms with Gasteiger partial charge in [-0.25, -0.2) is 9.97 Å². The molecule has 2 saturated heterocycles. The molecule has 2 aliphatic heterocycles. The minimum atomic E-state index is -0.245. The van der Waals surface area contributed by atoms with Gasteiger partial charge in [-0.1, -0.05) is 23.2 Å². The van der Waals surface area contributed by atoms with Gasteiger partial charge in [0.05, 0.1) is 40.9 Å². The van der Waals surface area contributed by atoms with E-state index in [0.717, 1.165) is 25.9 Å². The summed E-state index contributed by atoms with van der Waals surface area (Å²) in [5.74, 6) is 0.644. The predicted octanol–water partition coefficient (Wildman–Crippen LogP) is 3.04. The Morgan fingerprint density at radius 2 is 2.03 bits per heavy atom. The third-order valence-electron chi connectivity index (χ3n) is 7.63. The van der Waals surface area contributed by atoms with Gasteiger partial charge in [-0.15, -0.1) is 0 Å². The number of piperidine rings is 1. The smallest absolute Gasteiger partial charge is 0.202 e. The molecule has 10 nitrogen and oxygen atoms in total. The van der Waals surface area contributed by atoms with Crippen LogP contribution in [0.2, 0.25) is 10.2 Å². The molecule has 3 aromatic heterocycles. The number of aryl methyl sites for hydroxylation is 1. The van der Waals surface area contributed by atoms with Gasteiger partial charge in [0.15, 0.2) is 5.82 Å². The van der Waals surface area contributed by atoms with Crippen LogP contribution in [-0.4, -0.2) is 66.9 Å². The van der Waals surface area contributed by atoms with Gasteiger partial charge >= 0.3 is 0 Å². The zero-order chi connectivity index (χ0) is 24.5. The van der Waals surface area contributed by atoms with Gasteiger partial charge in [-0.05, 0) is 31.9 Å². The monoisotopic (exact) mass is 516 g/mol. The number of nitrogens with one attached hydrogen (secondary N) is 1. The van der Waals surface area contributed by atoms with Crippen LogP contribution in [0.3, 0.4) is 0 Å². The summed E-state index contributed by atoms with van der Waals surface area (Å²) in [7, 11) is 1.76. The number of H-pyrrole nitrogens is 1. The van der Waals surface area contributed by atoms with E-state index >= 15 is 0 Å². The summed E-state index contributed by atoms with van der Waals surface area (Å²) >= 11 is 13.2. The van der Waals surface area contributed by atoms with Crippen LogP contribution < -0.4 is 10.6 Å². The number of fused-ring (bicyclic) bond motifs is 2. The molecule has 12 heteroatoms. The Bertz CT molecular complexity index is 1440. The summed E-state index contributed by atoms with van der Waals surface area (Å²) in [6.07, 6.45) is 1.87. The molecular formula is C23H26Cl2N8O2. The molecule has 1 spiro atoms. The summed E-state index contributed by atoms with van der Waals surface area (Å²) < 4.78 is 7.42. The number of ether oxygens (including phenoxy) is 1. The number of nitrogens with zero attached hydrogens (tertiary/aromatic N) is 6. The van der Waals surface area contributed by atoms with Gasteiger partial charge in [0.2, 0.25) is 5.65 Å². The molecule has 1 aromatic carbocycles. The zero-order valence-electron chi connectivity index (χ0n) is 19.4. The summed E-state index contributed by atoms with van der Waals surface area (Å²) in [6.45, 7) is 4.00. The molecule has 0 saturated carbocycles. The average Bonchev–Trinajstić information content (AvgIpc) is 3.49. The van der Waals surface area contributed by atoms with Gasteiger partial charge in [-0.2, -0.15) is 10.2 Å². The molecule has 6 rings (SSSR count). The van der Waals surface area contributed by atoms with Crippen LogP contribution in [0.15, 0.2) is 12.1 Å². The van der Waals surface area contributed by atoms with E-state index in [1.54, 1.807) is 11.7 Å². The first-order valence-corrected chi connectivity index (χ1v) is 12.4. The maximum atomic E-state index is 10.2. The van der Waals surface area contributed by atoms with E-state index in [0.29, 0.717) is 61.6 Å². The number of rotatable bonds is 3. The van der Waals surface area contributed by atoms with E-state index < -0.39 is 0 Å². The highest BCUT2D eigenvalue weighted by molar-refractivity contribution is 6.43. The van der Waals surface area contributed by atoms with Gasteiger partial charge in [0, 0.05) is 37.2 Å². The topological polar surface area (TPSA) is 131 Å². The van der Waals surface area contributed by atoms with Gasteiger partial charge in [0.1, 0.15) is 16.4 Å². The van der Waals surface area contributed by atoms with Crippen LogP contribution in [0, 0.1) is 5.41 Å². The van der Waals surface area contributed by atoms with Crippen LogP contribution in [0.4, 0.5) is 5.82 Å². The van der Waals surface area contributed by atoms with Gasteiger partial charge in [-0.3, -0.25) is 9.78 Å². The van der Waals surface area contributed by atoms with Crippen molar-refractivity contribution in [3.63, 3.8) is 0 Å². The highest BCUT2D eigenvalue weighted by Crippen LogP contribution is 2.43. The minimum Gasteiger partial charge on any atom is -0.390 e. The lowest BCUT2D eigenvalue weighted by Crippen LogP contribution is -2.51. The third-order valence-corrected chi connectivity index (χ3v) is 8.46. The second-order valence-corrected chi connectivity index (χ2v) is 10.3. The van der Waals surface area contributed by atoms with Crippen LogP contribution in [0.1, 0.15) is 25.5 Å². The van der Waals surface area contributed by atoms with Crippen molar-refractivity contribution in [2.45, 2.75) is 38.5 Å². The summed E-state index contributed by atoms with van der Waals surface area (Å²) in [5, 5.41) is 23.5. The normalized spacial score (nSPS) is 22.2. The number of hydrogen-bond donors (Lipinski definition) is 3. The number of aromatic amines is 1. The average molecular weight is 517 g/mol. The molecule has 0 aliphatic carbocycles. The maximum absolute atomic E-state index is 10.2. The van der Waals surface area contributed by atoms with Crippen LogP contribution in [0.25, 0.3) is 33.3 Å². The van der Waals surface area contributed by atoms with Crippen molar-refractivity contribution in [3.8, 4) is 11.3 Å². The first-order valence-electron chi connectivity index (χ1n) is 11.6. The number of nitrogens with two attached hydrogens (primary N) is 1. The van der Waals surface area contributed by atoms with E-state index in [-0.39, 0.29) is 24.2 Å². The van der Waals surface area contributed by atoms with Crippen molar-refractivity contribution in [1.82, 2.24) is 29.9 Å². The molecule has 35 heavy (non-hydrogen) atoms. The molecule has 0 bridgehead atoms. The van der Waals surface area contributed by atoms with Crippen molar-refractivity contribution in [1.29, 1.82) is 0 Å². The Hall–Kier alpha value is -2.50. The number of benzene rings is 1. The number of hydrogen-bond acceptors (Lipinski definition) is 8. The molecule has 2 fully saturated rings. The Balaban J connectivity index is 1.37. The van der Waals surface area contributed by atoms with Crippen molar-refractivity contribution in [3.05, 3.63) is 28.0 Å². The minimum absolute atomic E-state index is 0.00467. The molecule has 2 aliphatic rings. The molecule has 0 unspecified atom stereocenters. The number of aromatic nitrogens is 6. The van der Waals surface area contributed by atoms with Gasteiger partial charge < -0.3 is 20.5 Å². The maximum Gasteiger partial charge on any atom is 0.202 e. The number of anilines is 1. The first kappa shape index (κ1) is 22.9. The van der Waals surface area contributed by atoms with Crippen LogP contribution >= 0.6 is 23.2 Å². The SMILES string of the molecule is C[C@@H]1OCC2(CCN(c3nc4n[nH]c(-c5ccc6nn(C)c(Cl)c6c5Cl)c4nc3CO)CC2)[C@@H]1N. The van der Waals surface area contributed by atoms with Crippen molar-refractivity contribution >= 4 is 51.1 Å². The lowest BCUT2D eigenvalue weighted by Gasteiger charge is -2.41. The van der Waals surface area contributed by atoms with E-state index in [2.05, 4.69) is 20.2 Å². The number of halogens is 2. The molecular weight excluding hydrogens is 491 g/mol. The zero-order valence-corrected chi connectivity index (χ0v) is 20.9. The predicted molar refractivity (Wildman–Crippen MR) is 135 cm³/mol. The quantitative estimate of drug-likeness (QED) is 0.378. The fraction of sp³-hybridized carbons (Fsp3) is 0.478. The fourth-order valence-electron chi connectivity index (χ4n) is 5.45. The Labute approximate surface area is 211 Å². The van der Waals surface area contributed by atoms with Crippen molar-refractivity contribution in [2.24, 2.45) is 18.2 Å². The Morgan fingerprint density at radius 1 is 1.26 bits per heavy atom. The molecule has 4 aromatic rings. The highest BCUT2D eigenvalue weighted by atomic mass is 35.5. The molecule has 184 valence electrons. The molecule has 4 N–H and O–H groups in total. The van der Waals surface area contributed by atoms with Gasteiger partial charge in [0.25, 0.3) is 0 Å². The van der Waals surface area contributed by atoms with E-state index in [1.807, 2.05) is 19.1 Å². The summed E-state index contributed by atoms with van der Waals surface area (Å²) in [4.78, 5) is 11.7. The van der Waals surface area contributed by atoms with Crippen molar-refractivity contribution < 1.29 is 9.84 Å². The highest BCUT2D eigenvalue weighted by Gasteiger charge is 2.47. The molecule has 5 heterocycles. The lowest BCUT2D eigenvalue weighted by molar-refractivity contribution is 0.0973. The molecule has 2 atom stereocenters. The summed E-state index contributed by atoms with van der Waals surface area (Å²) in [6, 6.07) is 3.73. The largest absolute Gasteiger partial charge is 0.390 e. The Morgan fingerprint density at radius 3 is 2.71 bits per heavy atom. The lowest BCUT2D eigenvalue weighted by atomic mass is 9.73. The van der Waals surface area contributed by atoms with E-state index in [1.165, 1.54) is 0 Å². The Kier molecular flexibility index (Phi) is 5.42. The standard InChI is InChI=1S/C23H26Cl2N8O2/c1-11-19(26)23(10-35-11)5-7-33(8-6-23)22-14(9-34)27-18-17(29-30-21(18)28-22)12-3-4-13-15(16(12)24)20(25)32(2)31-13/h3-4,11,19,34H,5-10,26H2,1-2H3,(H,28,29,30)/t11-,19+/m0/s1. The fourth-order valence-corrected chi connectivity index (χ4v) is 6.07. The molecule has 0 radical (unpaired) electrons. The number of aliphatic hydroxyl groups excluding tert-OH is 1. The van der Waals surface area contributed by atoms with Crippen LogP contribution in [0.5, 0.6) is 0 Å².